The third kappa shape index (κ3) is 5.92. The Bertz CT molecular complexity index is 1410. The number of benzene rings is 3. The van der Waals surface area contributed by atoms with Crippen LogP contribution < -0.4 is 14.2 Å². The number of carbonyl (C=O) groups excluding carboxylic acids is 1. The monoisotopic (exact) mass is 592 g/mol. The summed E-state index contributed by atoms with van der Waals surface area (Å²) >= 11 is 1.87. The highest BCUT2D eigenvalue weighted by molar-refractivity contribution is 14.1. The summed E-state index contributed by atoms with van der Waals surface area (Å²) < 4.78 is 50.3. The second-order valence-corrected chi connectivity index (χ2v) is 9.70. The van der Waals surface area contributed by atoms with Crippen molar-refractivity contribution in [1.29, 1.82) is 5.26 Å². The van der Waals surface area contributed by atoms with Gasteiger partial charge in [-0.3, -0.25) is 4.79 Å². The van der Waals surface area contributed by atoms with E-state index in [1.54, 1.807) is 24.3 Å². The number of para-hydroxylation sites is 1. The Morgan fingerprint density at radius 1 is 1.15 bits per heavy atom. The van der Waals surface area contributed by atoms with Crippen LogP contribution in [0.5, 0.6) is 11.5 Å². The first-order valence-corrected chi connectivity index (χ1v) is 12.2. The van der Waals surface area contributed by atoms with Gasteiger partial charge < -0.3 is 14.2 Å². The molecule has 0 aliphatic heterocycles. The quantitative estimate of drug-likeness (QED) is 0.178. The number of hydrogen-bond donors (Lipinski definition) is 1. The lowest BCUT2D eigenvalue weighted by molar-refractivity contribution is -0.112. The van der Waals surface area contributed by atoms with Gasteiger partial charge in [-0.15, -0.1) is 0 Å². The van der Waals surface area contributed by atoms with Gasteiger partial charge in [-0.1, -0.05) is 29.8 Å². The average Bonchev–Trinajstić information content (AvgIpc) is 2.80. The van der Waals surface area contributed by atoms with Crippen molar-refractivity contribution in [2.75, 3.05) is 12.4 Å². The summed E-state index contributed by atoms with van der Waals surface area (Å²) in [7, 11) is -2.80. The van der Waals surface area contributed by atoms with E-state index in [0.29, 0.717) is 9.13 Å². The molecule has 1 N–H and O–H groups in total. The number of anilines is 1. The number of carbonyl (C=O) groups is 1. The second kappa shape index (κ2) is 10.7. The lowest BCUT2D eigenvalue weighted by Crippen LogP contribution is -2.14. The number of nitrogens with zero attached hydrogens (tertiary/aromatic N) is 1. The predicted octanol–water partition coefficient (Wildman–Crippen LogP) is 5.06. The van der Waals surface area contributed by atoms with Gasteiger partial charge >= 0.3 is 10.1 Å². The van der Waals surface area contributed by atoms with Crippen molar-refractivity contribution in [2.24, 2.45) is 0 Å². The maximum Gasteiger partial charge on any atom is 0.339 e. The lowest BCUT2D eigenvalue weighted by Gasteiger charge is -2.14. The van der Waals surface area contributed by atoms with Crippen LogP contribution in [-0.2, 0) is 14.9 Å². The molecule has 0 saturated heterocycles. The molecule has 0 heterocycles. The Hall–Kier alpha value is -3.43. The Labute approximate surface area is 210 Å². The highest BCUT2D eigenvalue weighted by Gasteiger charge is 2.22. The first-order chi connectivity index (χ1) is 16.1. The predicted molar refractivity (Wildman–Crippen MR) is 133 cm³/mol. The summed E-state index contributed by atoms with van der Waals surface area (Å²) in [6.45, 7) is 1.83. The molecule has 3 aromatic rings. The minimum absolute atomic E-state index is 0.0171. The van der Waals surface area contributed by atoms with Crippen molar-refractivity contribution in [3.8, 4) is 17.6 Å². The molecule has 0 fully saturated rings. The van der Waals surface area contributed by atoms with Gasteiger partial charge in [0.1, 0.15) is 22.4 Å². The van der Waals surface area contributed by atoms with E-state index in [2.05, 4.69) is 5.32 Å². The number of rotatable bonds is 7. The van der Waals surface area contributed by atoms with Gasteiger partial charge in [-0.05, 0) is 77.6 Å². The number of methoxy groups -OCH3 is 1. The average molecular weight is 592 g/mol. The molecule has 0 atom stereocenters. The van der Waals surface area contributed by atoms with E-state index >= 15 is 0 Å². The smallest absolute Gasteiger partial charge is 0.339 e. The fourth-order valence-corrected chi connectivity index (χ4v) is 4.68. The SMILES string of the molecule is COc1cc(/C=C(\C#N)C(=O)Nc2ccccc2F)cc(I)c1OS(=O)(=O)c1ccc(C)cc1. The maximum atomic E-state index is 13.8. The van der Waals surface area contributed by atoms with E-state index in [0.717, 1.165) is 5.56 Å². The summed E-state index contributed by atoms with van der Waals surface area (Å²) in [5.41, 5.74) is 0.920. The highest BCUT2D eigenvalue weighted by Crippen LogP contribution is 2.36. The normalized spacial score (nSPS) is 11.4. The lowest BCUT2D eigenvalue weighted by atomic mass is 10.1. The number of amides is 1. The van der Waals surface area contributed by atoms with Crippen LogP contribution in [0.25, 0.3) is 6.08 Å². The first-order valence-electron chi connectivity index (χ1n) is 9.71. The van der Waals surface area contributed by atoms with E-state index < -0.39 is 21.8 Å². The zero-order valence-electron chi connectivity index (χ0n) is 18.0. The van der Waals surface area contributed by atoms with Crippen molar-refractivity contribution >= 4 is 50.4 Å². The van der Waals surface area contributed by atoms with E-state index in [1.807, 2.05) is 29.5 Å². The Morgan fingerprint density at radius 3 is 2.44 bits per heavy atom. The van der Waals surface area contributed by atoms with Gasteiger partial charge in [0.05, 0.1) is 16.4 Å². The fourth-order valence-electron chi connectivity index (χ4n) is 2.83. The number of halogens is 2. The molecule has 0 bridgehead atoms. The number of nitriles is 1. The molecule has 0 saturated carbocycles. The topological polar surface area (TPSA) is 105 Å². The first kappa shape index (κ1) is 25.2. The van der Waals surface area contributed by atoms with E-state index in [9.17, 15) is 22.9 Å². The van der Waals surface area contributed by atoms with Crippen molar-refractivity contribution < 1.29 is 26.5 Å². The number of hydrogen-bond acceptors (Lipinski definition) is 6. The van der Waals surface area contributed by atoms with Gasteiger partial charge in [-0.2, -0.15) is 13.7 Å². The molecule has 0 spiro atoms. The molecule has 3 aromatic carbocycles. The Morgan fingerprint density at radius 2 is 1.82 bits per heavy atom. The fraction of sp³-hybridized carbons (Fsp3) is 0.0833. The van der Waals surface area contributed by atoms with Gasteiger partial charge in [0.2, 0.25) is 0 Å². The van der Waals surface area contributed by atoms with Gasteiger partial charge in [0, 0.05) is 0 Å². The van der Waals surface area contributed by atoms with Crippen molar-refractivity contribution in [3.05, 3.63) is 86.8 Å². The zero-order chi connectivity index (χ0) is 24.9. The van der Waals surface area contributed by atoms with Crippen LogP contribution in [0.1, 0.15) is 11.1 Å². The number of ether oxygens (including phenoxy) is 1. The van der Waals surface area contributed by atoms with E-state index in [-0.39, 0.29) is 27.7 Å². The van der Waals surface area contributed by atoms with E-state index in [1.165, 1.54) is 55.7 Å². The Kier molecular flexibility index (Phi) is 7.90. The molecule has 10 heteroatoms. The summed E-state index contributed by atoms with van der Waals surface area (Å²) in [6, 6.07) is 16.5. The van der Waals surface area contributed by atoms with Crippen molar-refractivity contribution in [2.45, 2.75) is 11.8 Å². The van der Waals surface area contributed by atoms with Crippen molar-refractivity contribution in [3.63, 3.8) is 0 Å². The molecule has 0 aliphatic rings. The van der Waals surface area contributed by atoms with Crippen LogP contribution >= 0.6 is 22.6 Å². The highest BCUT2D eigenvalue weighted by atomic mass is 127. The maximum absolute atomic E-state index is 13.8. The van der Waals surface area contributed by atoms with Crippen LogP contribution in [0.3, 0.4) is 0 Å². The molecule has 0 unspecified atom stereocenters. The van der Waals surface area contributed by atoms with Crippen molar-refractivity contribution in [1.82, 2.24) is 0 Å². The standard InChI is InChI=1S/C24H18FIN2O5S/c1-15-7-9-18(10-8-15)34(30,31)33-23-20(26)12-16(13-22(23)32-2)11-17(14-27)24(29)28-21-6-4-3-5-19(21)25/h3-13H,1-2H3,(H,28,29)/b17-11+. The molecular formula is C24H18FIN2O5S. The van der Waals surface area contributed by atoms with Crippen LogP contribution in [0.2, 0.25) is 0 Å². The molecule has 0 aliphatic carbocycles. The minimum Gasteiger partial charge on any atom is -0.493 e. The van der Waals surface area contributed by atoms with Gasteiger partial charge in [0.15, 0.2) is 11.5 Å². The molecule has 1 amide bonds. The largest absolute Gasteiger partial charge is 0.493 e. The summed E-state index contributed by atoms with van der Waals surface area (Å²) in [6.07, 6.45) is 1.28. The minimum atomic E-state index is -4.13. The van der Waals surface area contributed by atoms with Crippen LogP contribution in [0.4, 0.5) is 10.1 Å². The van der Waals surface area contributed by atoms with Crippen LogP contribution in [0.15, 0.2) is 71.1 Å². The zero-order valence-corrected chi connectivity index (χ0v) is 21.0. The molecule has 34 heavy (non-hydrogen) atoms. The Balaban J connectivity index is 1.92. The van der Waals surface area contributed by atoms with Gasteiger partial charge in [-0.25, -0.2) is 4.39 Å². The van der Waals surface area contributed by atoms with Gasteiger partial charge in [0.25, 0.3) is 5.91 Å². The number of nitrogens with one attached hydrogen (secondary N) is 1. The van der Waals surface area contributed by atoms with Crippen LogP contribution in [0, 0.1) is 27.6 Å². The molecule has 174 valence electrons. The third-order valence-corrected chi connectivity index (χ3v) is 6.59. The second-order valence-electron chi connectivity index (χ2n) is 6.99. The molecule has 7 nitrogen and oxygen atoms in total. The number of aryl methyl sites for hydroxylation is 1. The third-order valence-electron chi connectivity index (χ3n) is 4.55. The van der Waals surface area contributed by atoms with E-state index in [4.69, 9.17) is 8.92 Å². The molecule has 0 radical (unpaired) electrons. The molecule has 3 rings (SSSR count). The summed E-state index contributed by atoms with van der Waals surface area (Å²) in [4.78, 5) is 12.5. The molecular weight excluding hydrogens is 574 g/mol. The molecule has 0 aromatic heterocycles. The van der Waals surface area contributed by atoms with Crippen LogP contribution in [-0.4, -0.2) is 21.4 Å². The summed E-state index contributed by atoms with van der Waals surface area (Å²) in [5, 5.41) is 11.8. The summed E-state index contributed by atoms with van der Waals surface area (Å²) in [5.74, 6) is -1.39.